The molecule has 9 nitrogen and oxygen atoms in total. The minimum atomic E-state index is -1.01. The van der Waals surface area contributed by atoms with Gasteiger partial charge in [-0.1, -0.05) is 18.7 Å². The molecule has 2 amide bonds. The van der Waals surface area contributed by atoms with Crippen molar-refractivity contribution in [2.45, 2.75) is 49.5 Å². The number of rotatable bonds is 8. The van der Waals surface area contributed by atoms with Crippen molar-refractivity contribution in [1.82, 2.24) is 15.5 Å². The minimum Gasteiger partial charge on any atom is -0.489 e. The molecule has 1 spiro atoms. The summed E-state index contributed by atoms with van der Waals surface area (Å²) in [7, 11) is 0. The van der Waals surface area contributed by atoms with Gasteiger partial charge in [-0.05, 0) is 77.6 Å². The van der Waals surface area contributed by atoms with Gasteiger partial charge in [0.15, 0.2) is 11.6 Å². The number of nitrogens with one attached hydrogen (secondary N) is 1. The summed E-state index contributed by atoms with van der Waals surface area (Å²) in [5.74, 6) is -3.17. The van der Waals surface area contributed by atoms with Crippen LogP contribution >= 0.6 is 0 Å². The molecule has 3 aliphatic rings. The molecule has 2 aliphatic heterocycles. The van der Waals surface area contributed by atoms with E-state index < -0.39 is 28.9 Å². The van der Waals surface area contributed by atoms with Crippen LogP contribution in [-0.2, 0) is 21.4 Å². The van der Waals surface area contributed by atoms with Crippen molar-refractivity contribution in [3.63, 3.8) is 0 Å². The molecule has 0 unspecified atom stereocenters. The molecule has 3 heterocycles. The summed E-state index contributed by atoms with van der Waals surface area (Å²) in [6.45, 7) is 5.06. The van der Waals surface area contributed by atoms with Gasteiger partial charge in [0.05, 0.1) is 17.9 Å². The molecule has 0 radical (unpaired) electrons. The number of benzene rings is 3. The van der Waals surface area contributed by atoms with Gasteiger partial charge in [0.25, 0.3) is 5.91 Å². The van der Waals surface area contributed by atoms with E-state index in [0.29, 0.717) is 61.6 Å². The quantitative estimate of drug-likeness (QED) is 0.179. The number of anilines is 2. The van der Waals surface area contributed by atoms with Crippen LogP contribution in [-0.4, -0.2) is 48.3 Å². The third-order valence-electron chi connectivity index (χ3n) is 9.92. The number of carbonyl (C=O) groups excluding carboxylic acids is 2. The molecule has 1 aliphatic carbocycles. The van der Waals surface area contributed by atoms with Crippen molar-refractivity contribution < 1.29 is 36.3 Å². The summed E-state index contributed by atoms with van der Waals surface area (Å²) < 4.78 is 68.8. The Morgan fingerprint density at radius 3 is 2.55 bits per heavy atom. The van der Waals surface area contributed by atoms with Crippen molar-refractivity contribution in [2.75, 3.05) is 36.0 Å². The molecule has 254 valence electrons. The maximum absolute atomic E-state index is 15.5. The van der Waals surface area contributed by atoms with Gasteiger partial charge < -0.3 is 24.3 Å². The normalized spacial score (nSPS) is 18.4. The van der Waals surface area contributed by atoms with Crippen LogP contribution in [0.3, 0.4) is 0 Å². The fraction of sp³-hybridized carbons (Fsp3) is 0.333. The molecule has 2 atom stereocenters. The third-order valence-corrected chi connectivity index (χ3v) is 9.92. The number of hydrogen-bond donors (Lipinski definition) is 1. The second-order valence-corrected chi connectivity index (χ2v) is 12.8. The average Bonchev–Trinajstić information content (AvgIpc) is 3.73. The first-order valence-electron chi connectivity index (χ1n) is 16.1. The maximum atomic E-state index is 15.5. The van der Waals surface area contributed by atoms with E-state index in [2.05, 4.69) is 22.1 Å². The van der Waals surface area contributed by atoms with Crippen molar-refractivity contribution in [3.05, 3.63) is 113 Å². The van der Waals surface area contributed by atoms with E-state index in [1.807, 2.05) is 4.90 Å². The van der Waals surface area contributed by atoms with Gasteiger partial charge in [0.2, 0.25) is 18.2 Å². The number of piperidine rings is 1. The smallest absolute Gasteiger partial charge is 0.250 e. The molecule has 1 saturated heterocycles. The van der Waals surface area contributed by atoms with Crippen LogP contribution in [0, 0.1) is 23.3 Å². The predicted molar refractivity (Wildman–Crippen MR) is 171 cm³/mol. The van der Waals surface area contributed by atoms with Crippen LogP contribution in [0.2, 0.25) is 0 Å². The molecule has 3 aromatic carbocycles. The number of hydrogen-bond acceptors (Lipinski definition) is 7. The van der Waals surface area contributed by atoms with Crippen LogP contribution in [0.15, 0.2) is 72.0 Å². The molecule has 1 fully saturated rings. The van der Waals surface area contributed by atoms with Gasteiger partial charge in [0, 0.05) is 38.1 Å². The molecule has 1 N–H and O–H groups in total. The van der Waals surface area contributed by atoms with E-state index in [4.69, 9.17) is 9.15 Å². The highest BCUT2D eigenvalue weighted by atomic mass is 19.2. The van der Waals surface area contributed by atoms with Gasteiger partial charge in [-0.3, -0.25) is 9.59 Å². The monoisotopic (exact) mass is 675 g/mol. The van der Waals surface area contributed by atoms with E-state index in [1.165, 1.54) is 29.2 Å². The molecule has 0 saturated carbocycles. The summed E-state index contributed by atoms with van der Waals surface area (Å²) >= 11 is 0. The van der Waals surface area contributed by atoms with Crippen LogP contribution in [0.4, 0.5) is 28.9 Å². The predicted octanol–water partition coefficient (Wildman–Crippen LogP) is 6.05. The van der Waals surface area contributed by atoms with Crippen LogP contribution in [0.5, 0.6) is 5.75 Å². The largest absolute Gasteiger partial charge is 0.489 e. The van der Waals surface area contributed by atoms with Gasteiger partial charge in [-0.2, -0.15) is 0 Å². The van der Waals surface area contributed by atoms with Crippen molar-refractivity contribution in [1.29, 1.82) is 0 Å². The van der Waals surface area contributed by atoms with E-state index >= 15 is 4.39 Å². The van der Waals surface area contributed by atoms with Crippen molar-refractivity contribution in [2.24, 2.45) is 0 Å². The number of halogens is 4. The van der Waals surface area contributed by atoms with Crippen LogP contribution in [0.25, 0.3) is 0 Å². The van der Waals surface area contributed by atoms with Gasteiger partial charge in [-0.15, -0.1) is 10.2 Å². The first-order valence-corrected chi connectivity index (χ1v) is 16.1. The fourth-order valence-corrected chi connectivity index (χ4v) is 7.59. The Balaban J connectivity index is 1.07. The molecule has 49 heavy (non-hydrogen) atoms. The first-order chi connectivity index (χ1) is 23.6. The molecule has 0 bridgehead atoms. The zero-order valence-corrected chi connectivity index (χ0v) is 26.4. The summed E-state index contributed by atoms with van der Waals surface area (Å²) in [5, 5.41) is 10.5. The lowest BCUT2D eigenvalue weighted by Crippen LogP contribution is -2.42. The Morgan fingerprint density at radius 1 is 1.00 bits per heavy atom. The lowest BCUT2D eigenvalue weighted by Gasteiger charge is -2.42. The molecular formula is C36H33F4N5O4. The Kier molecular flexibility index (Phi) is 8.59. The maximum Gasteiger partial charge on any atom is 0.250 e. The number of ether oxygens (including phenoxy) is 1. The molecular weight excluding hydrogens is 642 g/mol. The SMILES string of the molecule is C=CC(=O)N1CCOc2cc(N3CCC4(CC3)C[C@@H](CC(=O)N[C@H](Cc3ccc(F)c(F)c3)c3nnco3)c3ccc(F)cc34)c(F)cc21. The molecule has 4 aromatic rings. The highest BCUT2D eigenvalue weighted by molar-refractivity contribution is 6.02. The summed E-state index contributed by atoms with van der Waals surface area (Å²) in [5.41, 5.74) is 2.47. The standard InChI is InChI=1S/C36H33F4N5O4/c1-2-34(47)45-11-12-48-32-18-30(28(40)17-31(32)45)44-9-7-36(8-10-44)19-22(24-5-4-23(37)16-25(24)36)15-33(46)42-29(35-43-41-20-49-35)14-21-3-6-26(38)27(39)13-21/h2-6,13,16-18,20,22,29H,1,7-12,14-15,19H2,(H,42,46)/t22-,29-/m1/s1. The molecule has 13 heteroatoms. The Morgan fingerprint density at radius 2 is 1.82 bits per heavy atom. The lowest BCUT2D eigenvalue weighted by atomic mass is 9.73. The number of amides is 2. The van der Waals surface area contributed by atoms with Crippen LogP contribution < -0.4 is 19.9 Å². The first kappa shape index (κ1) is 32.4. The Labute approximate surface area is 279 Å². The summed E-state index contributed by atoms with van der Waals surface area (Å²) in [4.78, 5) is 29.2. The van der Waals surface area contributed by atoms with Crippen molar-refractivity contribution >= 4 is 23.2 Å². The number of fused-ring (bicyclic) bond motifs is 3. The van der Waals surface area contributed by atoms with E-state index in [1.54, 1.807) is 18.2 Å². The highest BCUT2D eigenvalue weighted by Crippen LogP contribution is 2.53. The third kappa shape index (κ3) is 6.25. The topological polar surface area (TPSA) is 101 Å². The lowest BCUT2D eigenvalue weighted by molar-refractivity contribution is -0.122. The highest BCUT2D eigenvalue weighted by Gasteiger charge is 2.46. The Bertz CT molecular complexity index is 1910. The van der Waals surface area contributed by atoms with Gasteiger partial charge in [-0.25, -0.2) is 17.6 Å². The minimum absolute atomic E-state index is 0.0865. The molecule has 1 aromatic heterocycles. The second-order valence-electron chi connectivity index (χ2n) is 12.8. The zero-order valence-electron chi connectivity index (χ0n) is 26.4. The summed E-state index contributed by atoms with van der Waals surface area (Å²) in [6, 6.07) is 10.3. The fourth-order valence-electron chi connectivity index (χ4n) is 7.59. The molecule has 7 rings (SSSR count). The Hall–Kier alpha value is -5.20. The summed E-state index contributed by atoms with van der Waals surface area (Å²) in [6.07, 6.45) is 4.27. The van der Waals surface area contributed by atoms with E-state index in [0.717, 1.165) is 29.7 Å². The average molecular weight is 676 g/mol. The van der Waals surface area contributed by atoms with E-state index in [9.17, 15) is 22.8 Å². The van der Waals surface area contributed by atoms with E-state index in [-0.39, 0.29) is 48.9 Å². The van der Waals surface area contributed by atoms with Gasteiger partial charge >= 0.3 is 0 Å². The van der Waals surface area contributed by atoms with Crippen LogP contribution in [0.1, 0.15) is 60.2 Å². The number of carbonyl (C=O) groups is 2. The zero-order chi connectivity index (χ0) is 34.3. The number of aromatic nitrogens is 2. The van der Waals surface area contributed by atoms with Crippen molar-refractivity contribution in [3.8, 4) is 5.75 Å². The number of nitrogens with zero attached hydrogens (tertiary/aromatic N) is 4. The second kappa shape index (κ2) is 13.0. The van der Waals surface area contributed by atoms with Gasteiger partial charge in [0.1, 0.15) is 30.0 Å².